The highest BCUT2D eigenvalue weighted by Crippen LogP contribution is 2.27. The maximum atomic E-state index is 11.5. The third-order valence-electron chi connectivity index (χ3n) is 3.89. The number of carbonyl (C=O) groups is 1. The lowest BCUT2D eigenvalue weighted by Crippen LogP contribution is -2.48. The number of aromatic hydroxyl groups is 1. The minimum absolute atomic E-state index is 0.186. The van der Waals surface area contributed by atoms with Gasteiger partial charge in [-0.2, -0.15) is 0 Å². The molecule has 0 heterocycles. The first-order valence-electron chi connectivity index (χ1n) is 7.16. The van der Waals surface area contributed by atoms with E-state index in [0.717, 1.165) is 22.8 Å². The van der Waals surface area contributed by atoms with Crippen molar-refractivity contribution >= 4 is 16.7 Å². The van der Waals surface area contributed by atoms with E-state index in [4.69, 9.17) is 0 Å². The van der Waals surface area contributed by atoms with Crippen molar-refractivity contribution in [1.82, 2.24) is 5.32 Å². The van der Waals surface area contributed by atoms with Crippen LogP contribution in [-0.4, -0.2) is 21.7 Å². The Balaban J connectivity index is 2.31. The van der Waals surface area contributed by atoms with Gasteiger partial charge in [-0.15, -0.1) is 0 Å². The minimum Gasteiger partial charge on any atom is -0.508 e. The highest BCUT2D eigenvalue weighted by Gasteiger charge is 2.31. The van der Waals surface area contributed by atoms with Crippen LogP contribution in [0.3, 0.4) is 0 Å². The Kier molecular flexibility index (Phi) is 4.48. The molecule has 2 aromatic rings. The summed E-state index contributed by atoms with van der Waals surface area (Å²) in [7, 11) is 0. The molecule has 0 saturated heterocycles. The largest absolute Gasteiger partial charge is 0.508 e. The topological polar surface area (TPSA) is 69.6 Å². The van der Waals surface area contributed by atoms with Gasteiger partial charge in [0.15, 0.2) is 0 Å². The summed E-state index contributed by atoms with van der Waals surface area (Å²) in [6.45, 7) is 3.95. The molecule has 4 heteroatoms. The van der Waals surface area contributed by atoms with Crippen molar-refractivity contribution in [2.45, 2.75) is 38.8 Å². The predicted octanol–water partition coefficient (Wildman–Crippen LogP) is 3.28. The highest BCUT2D eigenvalue weighted by atomic mass is 16.4. The average Bonchev–Trinajstić information content (AvgIpc) is 2.46. The van der Waals surface area contributed by atoms with Crippen LogP contribution in [0, 0.1) is 0 Å². The number of hydrogen-bond acceptors (Lipinski definition) is 3. The lowest BCUT2D eigenvalue weighted by atomic mass is 9.95. The van der Waals surface area contributed by atoms with Crippen molar-refractivity contribution in [3.63, 3.8) is 0 Å². The number of nitrogens with one attached hydrogen (secondary N) is 1. The Labute approximate surface area is 124 Å². The van der Waals surface area contributed by atoms with Gasteiger partial charge in [0, 0.05) is 12.1 Å². The monoisotopic (exact) mass is 287 g/mol. The fourth-order valence-electron chi connectivity index (χ4n) is 2.56. The molecule has 0 aromatic heterocycles. The van der Waals surface area contributed by atoms with Crippen LogP contribution in [0.15, 0.2) is 36.4 Å². The average molecular weight is 287 g/mol. The van der Waals surface area contributed by atoms with E-state index < -0.39 is 11.5 Å². The van der Waals surface area contributed by atoms with Gasteiger partial charge in [0.25, 0.3) is 0 Å². The Bertz CT molecular complexity index is 654. The van der Waals surface area contributed by atoms with Crippen molar-refractivity contribution in [2.75, 3.05) is 0 Å². The zero-order valence-corrected chi connectivity index (χ0v) is 12.4. The Hall–Kier alpha value is -2.07. The van der Waals surface area contributed by atoms with E-state index in [1.54, 1.807) is 13.0 Å². The number of phenolic OH excluding ortho intramolecular Hbond substituents is 1. The number of fused-ring (bicyclic) bond motifs is 1. The summed E-state index contributed by atoms with van der Waals surface area (Å²) < 4.78 is 0. The molecular formula is C17H21NO3. The molecule has 21 heavy (non-hydrogen) atoms. The van der Waals surface area contributed by atoms with Crippen LogP contribution >= 0.6 is 0 Å². The molecule has 0 bridgehead atoms. The highest BCUT2D eigenvalue weighted by molar-refractivity contribution is 5.87. The van der Waals surface area contributed by atoms with Gasteiger partial charge in [-0.05, 0) is 30.2 Å². The summed E-state index contributed by atoms with van der Waals surface area (Å²) >= 11 is 0. The van der Waals surface area contributed by atoms with Gasteiger partial charge in [0.1, 0.15) is 11.3 Å². The molecule has 1 unspecified atom stereocenters. The Morgan fingerprint density at radius 1 is 1.24 bits per heavy atom. The van der Waals surface area contributed by atoms with Gasteiger partial charge in [0.05, 0.1) is 0 Å². The lowest BCUT2D eigenvalue weighted by molar-refractivity contribution is -0.144. The number of phenols is 1. The zero-order valence-electron chi connectivity index (χ0n) is 12.4. The van der Waals surface area contributed by atoms with E-state index in [2.05, 4.69) is 5.32 Å². The molecule has 0 saturated carbocycles. The number of rotatable bonds is 6. The van der Waals surface area contributed by atoms with Crippen LogP contribution in [0.2, 0.25) is 0 Å². The molecular weight excluding hydrogens is 266 g/mol. The van der Waals surface area contributed by atoms with E-state index in [0.29, 0.717) is 13.0 Å². The standard InChI is InChI=1S/C17H21NO3/c1-3-10-17(2,16(20)21)18-11-14-13-7-5-4-6-12(13)8-9-15(14)19/h4-9,18-19H,3,10-11H2,1-2H3,(H,20,21). The molecule has 2 rings (SSSR count). The van der Waals surface area contributed by atoms with Crippen molar-refractivity contribution in [3.8, 4) is 5.75 Å². The summed E-state index contributed by atoms with van der Waals surface area (Å²) in [4.78, 5) is 11.5. The Morgan fingerprint density at radius 2 is 1.95 bits per heavy atom. The van der Waals surface area contributed by atoms with E-state index in [9.17, 15) is 15.0 Å². The quantitative estimate of drug-likeness (QED) is 0.762. The molecule has 1 atom stereocenters. The molecule has 0 spiro atoms. The van der Waals surface area contributed by atoms with E-state index in [-0.39, 0.29) is 5.75 Å². The second-order valence-electron chi connectivity index (χ2n) is 5.53. The maximum Gasteiger partial charge on any atom is 0.323 e. The molecule has 2 aromatic carbocycles. The van der Waals surface area contributed by atoms with Crippen molar-refractivity contribution in [3.05, 3.63) is 42.0 Å². The second-order valence-corrected chi connectivity index (χ2v) is 5.53. The molecule has 4 nitrogen and oxygen atoms in total. The van der Waals surface area contributed by atoms with Gasteiger partial charge >= 0.3 is 5.97 Å². The maximum absolute atomic E-state index is 11.5. The molecule has 0 aliphatic heterocycles. The SMILES string of the molecule is CCCC(C)(NCc1c(O)ccc2ccccc12)C(=O)O. The summed E-state index contributed by atoms with van der Waals surface area (Å²) in [5, 5.41) is 24.5. The predicted molar refractivity (Wildman–Crippen MR) is 83.4 cm³/mol. The minimum atomic E-state index is -0.988. The normalized spacial score (nSPS) is 14.0. The van der Waals surface area contributed by atoms with Gasteiger partial charge in [-0.3, -0.25) is 10.1 Å². The zero-order chi connectivity index (χ0) is 15.5. The van der Waals surface area contributed by atoms with E-state index in [1.807, 2.05) is 37.3 Å². The van der Waals surface area contributed by atoms with Crippen LogP contribution in [0.1, 0.15) is 32.3 Å². The van der Waals surface area contributed by atoms with Crippen molar-refractivity contribution in [2.24, 2.45) is 0 Å². The fourth-order valence-corrected chi connectivity index (χ4v) is 2.56. The van der Waals surface area contributed by atoms with Crippen LogP contribution in [0.4, 0.5) is 0 Å². The summed E-state index contributed by atoms with van der Waals surface area (Å²) in [5.74, 6) is -0.686. The third-order valence-corrected chi connectivity index (χ3v) is 3.89. The van der Waals surface area contributed by atoms with Crippen molar-refractivity contribution < 1.29 is 15.0 Å². The molecule has 3 N–H and O–H groups in total. The van der Waals surface area contributed by atoms with Crippen molar-refractivity contribution in [1.29, 1.82) is 0 Å². The van der Waals surface area contributed by atoms with E-state index >= 15 is 0 Å². The third kappa shape index (κ3) is 3.16. The number of benzene rings is 2. The van der Waals surface area contributed by atoms with Crippen LogP contribution in [-0.2, 0) is 11.3 Å². The van der Waals surface area contributed by atoms with Gasteiger partial charge < -0.3 is 10.2 Å². The second kappa shape index (κ2) is 6.14. The molecule has 112 valence electrons. The summed E-state index contributed by atoms with van der Waals surface area (Å²) in [6.07, 6.45) is 1.31. The Morgan fingerprint density at radius 3 is 2.62 bits per heavy atom. The number of carboxylic acid groups (broad SMARTS) is 1. The number of aliphatic carboxylic acids is 1. The van der Waals surface area contributed by atoms with Gasteiger partial charge in [0.2, 0.25) is 0 Å². The first kappa shape index (κ1) is 15.3. The van der Waals surface area contributed by atoms with Crippen LogP contribution in [0.25, 0.3) is 10.8 Å². The number of hydrogen-bond donors (Lipinski definition) is 3. The van der Waals surface area contributed by atoms with E-state index in [1.165, 1.54) is 0 Å². The smallest absolute Gasteiger partial charge is 0.323 e. The fraction of sp³-hybridized carbons (Fsp3) is 0.353. The van der Waals surface area contributed by atoms with Crippen LogP contribution in [0.5, 0.6) is 5.75 Å². The molecule has 0 radical (unpaired) electrons. The first-order chi connectivity index (χ1) is 9.98. The lowest BCUT2D eigenvalue weighted by Gasteiger charge is -2.26. The molecule has 0 amide bonds. The first-order valence-corrected chi connectivity index (χ1v) is 7.16. The summed E-state index contributed by atoms with van der Waals surface area (Å²) in [5.41, 5.74) is -0.255. The summed E-state index contributed by atoms with van der Waals surface area (Å²) in [6, 6.07) is 11.3. The molecule has 0 aliphatic rings. The molecule has 0 fully saturated rings. The van der Waals surface area contributed by atoms with Gasteiger partial charge in [-0.1, -0.05) is 43.7 Å². The molecule has 0 aliphatic carbocycles. The van der Waals surface area contributed by atoms with Gasteiger partial charge in [-0.25, -0.2) is 0 Å². The van der Waals surface area contributed by atoms with Crippen LogP contribution < -0.4 is 5.32 Å². The number of carboxylic acids is 1.